The number of carbonyl (C=O) groups is 1. The molecule has 0 radical (unpaired) electrons. The van der Waals surface area contributed by atoms with Crippen molar-refractivity contribution >= 4 is 21.7 Å². The van der Waals surface area contributed by atoms with Crippen LogP contribution < -0.4 is 9.47 Å². The SMILES string of the molecule is COC[C@H](C)Oc1cc(Oc2ccc(S(C)(=O)=O)nc2)cc(-c2ccc(C3=N[C@H](C(=O)O)CO3)[nH]2)c1. The third-order valence-electron chi connectivity index (χ3n) is 5.11. The number of nitrogens with zero attached hydrogens (tertiary/aromatic N) is 2. The zero-order valence-corrected chi connectivity index (χ0v) is 20.6. The number of rotatable bonds is 10. The second-order valence-corrected chi connectivity index (χ2v) is 10.1. The normalized spacial score (nSPS) is 16.2. The Hall–Kier alpha value is -3.90. The standard InChI is InChI=1S/C24H25N3O8S/c1-14(12-32-2)34-17-8-15(19-5-6-20(26-19)23-27-21(13-33-23)24(28)29)9-18(10-17)35-16-4-7-22(25-11-16)36(3,30)31/h4-11,14,21,26H,12-13H2,1-3H3,(H,28,29)/t14-,21-/m0/s1. The van der Waals surface area contributed by atoms with Gasteiger partial charge in [-0.3, -0.25) is 0 Å². The Labute approximate surface area is 207 Å². The monoisotopic (exact) mass is 515 g/mol. The number of sulfone groups is 1. The highest BCUT2D eigenvalue weighted by Crippen LogP contribution is 2.33. The lowest BCUT2D eigenvalue weighted by atomic mass is 10.1. The van der Waals surface area contributed by atoms with Gasteiger partial charge in [-0.15, -0.1) is 0 Å². The molecule has 0 fully saturated rings. The van der Waals surface area contributed by atoms with Crippen LogP contribution in [-0.4, -0.2) is 74.1 Å². The molecule has 1 aliphatic rings. The maximum atomic E-state index is 11.7. The van der Waals surface area contributed by atoms with E-state index in [2.05, 4.69) is 15.0 Å². The van der Waals surface area contributed by atoms with Gasteiger partial charge < -0.3 is 29.0 Å². The molecule has 2 N–H and O–H groups in total. The highest BCUT2D eigenvalue weighted by atomic mass is 32.2. The van der Waals surface area contributed by atoms with Crippen molar-refractivity contribution in [3.8, 4) is 28.5 Å². The van der Waals surface area contributed by atoms with Crippen molar-refractivity contribution in [1.82, 2.24) is 9.97 Å². The van der Waals surface area contributed by atoms with Crippen LogP contribution in [0, 0.1) is 0 Å². The van der Waals surface area contributed by atoms with Crippen LogP contribution in [0.1, 0.15) is 12.6 Å². The molecule has 2 atom stereocenters. The molecular weight excluding hydrogens is 490 g/mol. The van der Waals surface area contributed by atoms with Crippen molar-refractivity contribution in [3.63, 3.8) is 0 Å². The number of pyridine rings is 1. The Morgan fingerprint density at radius 1 is 1.17 bits per heavy atom. The molecule has 11 nitrogen and oxygen atoms in total. The van der Waals surface area contributed by atoms with Crippen LogP contribution >= 0.6 is 0 Å². The van der Waals surface area contributed by atoms with E-state index in [-0.39, 0.29) is 23.6 Å². The topological polar surface area (TPSA) is 149 Å². The van der Waals surface area contributed by atoms with Crippen LogP contribution in [0.25, 0.3) is 11.3 Å². The van der Waals surface area contributed by atoms with E-state index >= 15 is 0 Å². The van der Waals surface area contributed by atoms with Crippen LogP contribution in [0.2, 0.25) is 0 Å². The van der Waals surface area contributed by atoms with Crippen LogP contribution in [0.4, 0.5) is 0 Å². The maximum Gasteiger partial charge on any atom is 0.332 e. The summed E-state index contributed by atoms with van der Waals surface area (Å²) in [6.07, 6.45) is 2.18. The number of carboxylic acid groups (broad SMARTS) is 1. The fraction of sp³-hybridized carbons (Fsp3) is 0.292. The van der Waals surface area contributed by atoms with E-state index in [1.807, 2.05) is 13.0 Å². The third kappa shape index (κ3) is 6.01. The van der Waals surface area contributed by atoms with Crippen molar-refractivity contribution in [2.75, 3.05) is 26.6 Å². The number of aromatic nitrogens is 2. The molecule has 0 unspecified atom stereocenters. The van der Waals surface area contributed by atoms with E-state index in [4.69, 9.17) is 24.1 Å². The number of carboxylic acids is 1. The summed E-state index contributed by atoms with van der Waals surface area (Å²) in [7, 11) is -1.84. The van der Waals surface area contributed by atoms with Crippen molar-refractivity contribution in [1.29, 1.82) is 0 Å². The van der Waals surface area contributed by atoms with E-state index < -0.39 is 21.8 Å². The Morgan fingerprint density at radius 3 is 2.56 bits per heavy atom. The molecule has 1 aliphatic heterocycles. The minimum atomic E-state index is -3.43. The quantitative estimate of drug-likeness (QED) is 0.415. The Kier molecular flexibility index (Phi) is 7.27. The fourth-order valence-electron chi connectivity index (χ4n) is 3.47. The van der Waals surface area contributed by atoms with Crippen molar-refractivity contribution in [2.45, 2.75) is 24.1 Å². The van der Waals surface area contributed by atoms with Gasteiger partial charge in [-0.2, -0.15) is 0 Å². The predicted molar refractivity (Wildman–Crippen MR) is 130 cm³/mol. The summed E-state index contributed by atoms with van der Waals surface area (Å²) in [6, 6.07) is 10.8. The Balaban J connectivity index is 1.64. The van der Waals surface area contributed by atoms with Crippen LogP contribution in [0.15, 0.2) is 58.7 Å². The molecule has 3 heterocycles. The molecule has 0 bridgehead atoms. The number of ether oxygens (including phenoxy) is 4. The number of aliphatic imine (C=N–C) groups is 1. The molecule has 3 aromatic rings. The van der Waals surface area contributed by atoms with Gasteiger partial charge in [0.05, 0.1) is 12.8 Å². The van der Waals surface area contributed by atoms with Crippen molar-refractivity contribution < 1.29 is 37.3 Å². The average Bonchev–Trinajstić information content (AvgIpc) is 3.49. The number of hydrogen-bond donors (Lipinski definition) is 2. The smallest absolute Gasteiger partial charge is 0.332 e. The summed E-state index contributed by atoms with van der Waals surface area (Å²) in [5.74, 6) is 0.467. The zero-order valence-electron chi connectivity index (χ0n) is 19.8. The van der Waals surface area contributed by atoms with Gasteiger partial charge in [0.15, 0.2) is 20.9 Å². The highest BCUT2D eigenvalue weighted by Gasteiger charge is 2.26. The van der Waals surface area contributed by atoms with Gasteiger partial charge in [0.25, 0.3) is 0 Å². The molecule has 4 rings (SSSR count). The molecule has 0 aliphatic carbocycles. The van der Waals surface area contributed by atoms with Crippen molar-refractivity contribution in [3.05, 3.63) is 54.4 Å². The molecule has 36 heavy (non-hydrogen) atoms. The van der Waals surface area contributed by atoms with E-state index in [1.165, 1.54) is 18.3 Å². The lowest BCUT2D eigenvalue weighted by Crippen LogP contribution is -2.18. The first-order chi connectivity index (χ1) is 17.1. The lowest BCUT2D eigenvalue weighted by molar-refractivity contribution is -0.138. The molecular formula is C24H25N3O8S. The zero-order chi connectivity index (χ0) is 25.9. The minimum absolute atomic E-state index is 0.0239. The van der Waals surface area contributed by atoms with Gasteiger partial charge in [-0.1, -0.05) is 0 Å². The van der Waals surface area contributed by atoms with Gasteiger partial charge in [0.1, 0.15) is 35.7 Å². The number of aliphatic carboxylic acids is 1. The van der Waals surface area contributed by atoms with Crippen LogP contribution in [0.5, 0.6) is 17.2 Å². The molecule has 0 spiro atoms. The summed E-state index contributed by atoms with van der Waals surface area (Å²) in [6.45, 7) is 2.22. The van der Waals surface area contributed by atoms with E-state index in [0.717, 1.165) is 6.26 Å². The number of H-pyrrole nitrogens is 1. The predicted octanol–water partition coefficient (Wildman–Crippen LogP) is 2.92. The Morgan fingerprint density at radius 2 is 1.92 bits per heavy atom. The summed E-state index contributed by atoms with van der Waals surface area (Å²) in [4.78, 5) is 22.4. The summed E-state index contributed by atoms with van der Waals surface area (Å²) in [5, 5.41) is 9.09. The molecule has 2 aromatic heterocycles. The highest BCUT2D eigenvalue weighted by molar-refractivity contribution is 7.90. The summed E-state index contributed by atoms with van der Waals surface area (Å²) < 4.78 is 45.8. The van der Waals surface area contributed by atoms with E-state index in [1.54, 1.807) is 31.4 Å². The van der Waals surface area contributed by atoms with E-state index in [9.17, 15) is 13.2 Å². The van der Waals surface area contributed by atoms with Gasteiger partial charge in [0.2, 0.25) is 5.90 Å². The second-order valence-electron chi connectivity index (χ2n) is 8.17. The number of benzene rings is 1. The molecule has 0 amide bonds. The number of nitrogens with one attached hydrogen (secondary N) is 1. The van der Waals surface area contributed by atoms with E-state index in [0.29, 0.717) is 40.8 Å². The van der Waals surface area contributed by atoms with Gasteiger partial charge >= 0.3 is 5.97 Å². The Bertz CT molecular complexity index is 1380. The average molecular weight is 516 g/mol. The first-order valence-electron chi connectivity index (χ1n) is 10.9. The number of hydrogen-bond acceptors (Lipinski definition) is 9. The number of aromatic amines is 1. The molecule has 0 saturated heterocycles. The van der Waals surface area contributed by atoms with Crippen LogP contribution in [-0.2, 0) is 24.1 Å². The summed E-state index contributed by atoms with van der Waals surface area (Å²) >= 11 is 0. The first kappa shape index (κ1) is 25.2. The van der Waals surface area contributed by atoms with Crippen molar-refractivity contribution in [2.24, 2.45) is 4.99 Å². The largest absolute Gasteiger partial charge is 0.488 e. The lowest BCUT2D eigenvalue weighted by Gasteiger charge is -2.16. The first-order valence-corrected chi connectivity index (χ1v) is 12.8. The van der Waals surface area contributed by atoms with Crippen LogP contribution in [0.3, 0.4) is 0 Å². The molecule has 1 aromatic carbocycles. The third-order valence-corrected chi connectivity index (χ3v) is 6.11. The van der Waals surface area contributed by atoms with Gasteiger partial charge in [-0.25, -0.2) is 23.2 Å². The summed E-state index contributed by atoms with van der Waals surface area (Å²) in [5.41, 5.74) is 1.94. The molecule has 190 valence electrons. The van der Waals surface area contributed by atoms with Gasteiger partial charge in [-0.05, 0) is 43.3 Å². The molecule has 12 heteroatoms. The van der Waals surface area contributed by atoms with Gasteiger partial charge in [0, 0.05) is 30.7 Å². The maximum absolute atomic E-state index is 11.7. The second kappa shape index (κ2) is 10.4. The fourth-order valence-corrected chi connectivity index (χ4v) is 4.03. The minimum Gasteiger partial charge on any atom is -0.488 e. The number of methoxy groups -OCH3 is 1. The molecule has 0 saturated carbocycles.